The molecule has 0 aromatic heterocycles. The highest BCUT2D eigenvalue weighted by Gasteiger charge is 2.35. The summed E-state index contributed by atoms with van der Waals surface area (Å²) in [6, 6.07) is 0. The van der Waals surface area contributed by atoms with Crippen LogP contribution in [-0.2, 0) is 23.2 Å². The second-order valence-electron chi connectivity index (χ2n) is 5.21. The Hall–Kier alpha value is -0.926. The van der Waals surface area contributed by atoms with Gasteiger partial charge in [0.05, 0.1) is 0 Å². The largest absolute Gasteiger partial charge is 0.467 e. The first kappa shape index (κ1) is 17.1. The fourth-order valence-electron chi connectivity index (χ4n) is 1.39. The molecule has 0 rings (SSSR count). The second-order valence-corrected chi connectivity index (χ2v) is 13.6. The first-order valence-corrected chi connectivity index (χ1v) is 11.9. The number of carbonyl (C=O) groups excluding carboxylic acids is 2. The third kappa shape index (κ3) is 8.21. The van der Waals surface area contributed by atoms with Crippen LogP contribution < -0.4 is 0 Å². The summed E-state index contributed by atoms with van der Waals surface area (Å²) < 4.78 is 16.1. The molecule has 0 saturated carbocycles. The normalized spacial score (nSPS) is 11.8. The SMILES string of the molecule is C=CC(=O)OC[Si](C)(C)O[Si](C)(C)COC(C)=O. The van der Waals surface area contributed by atoms with Crippen LogP contribution in [0.3, 0.4) is 0 Å². The van der Waals surface area contributed by atoms with Crippen molar-refractivity contribution in [3.8, 4) is 0 Å². The lowest BCUT2D eigenvalue weighted by molar-refractivity contribution is -0.139. The van der Waals surface area contributed by atoms with E-state index in [0.29, 0.717) is 6.23 Å². The summed E-state index contributed by atoms with van der Waals surface area (Å²) in [7, 11) is -4.19. The number of hydrogen-bond acceptors (Lipinski definition) is 5. The summed E-state index contributed by atoms with van der Waals surface area (Å²) in [4.78, 5) is 21.8. The number of hydrogen-bond donors (Lipinski definition) is 0. The van der Waals surface area contributed by atoms with Crippen molar-refractivity contribution in [2.45, 2.75) is 33.1 Å². The van der Waals surface area contributed by atoms with Crippen molar-refractivity contribution >= 4 is 28.6 Å². The molecule has 0 aliphatic rings. The summed E-state index contributed by atoms with van der Waals surface area (Å²) >= 11 is 0. The van der Waals surface area contributed by atoms with Crippen LogP contribution in [0.2, 0.25) is 26.2 Å². The molecule has 0 amide bonds. The van der Waals surface area contributed by atoms with Crippen LogP contribution >= 0.6 is 0 Å². The molecular formula is C11H22O5Si2. The molecule has 7 heteroatoms. The van der Waals surface area contributed by atoms with E-state index in [4.69, 9.17) is 13.6 Å². The van der Waals surface area contributed by atoms with Gasteiger partial charge in [0.25, 0.3) is 0 Å². The third-order valence-corrected chi connectivity index (χ3v) is 8.00. The lowest BCUT2D eigenvalue weighted by Gasteiger charge is -2.32. The van der Waals surface area contributed by atoms with Gasteiger partial charge in [-0.1, -0.05) is 6.58 Å². The van der Waals surface area contributed by atoms with Crippen molar-refractivity contribution in [1.29, 1.82) is 0 Å². The van der Waals surface area contributed by atoms with Gasteiger partial charge < -0.3 is 13.6 Å². The number of rotatable bonds is 7. The molecule has 0 radical (unpaired) electrons. The van der Waals surface area contributed by atoms with Crippen LogP contribution in [0.1, 0.15) is 6.92 Å². The molecular weight excluding hydrogens is 268 g/mol. The molecule has 0 bridgehead atoms. The molecule has 0 fully saturated rings. The fourth-order valence-corrected chi connectivity index (χ4v) is 8.88. The molecule has 0 aromatic carbocycles. The zero-order valence-electron chi connectivity index (χ0n) is 11.7. The minimum atomic E-state index is -2.11. The van der Waals surface area contributed by atoms with E-state index in [2.05, 4.69) is 6.58 Å². The molecule has 0 aliphatic heterocycles. The van der Waals surface area contributed by atoms with Crippen molar-refractivity contribution in [3.05, 3.63) is 12.7 Å². The van der Waals surface area contributed by atoms with E-state index in [1.807, 2.05) is 26.2 Å². The Morgan fingerprint density at radius 1 is 1.06 bits per heavy atom. The zero-order chi connectivity index (χ0) is 14.4. The van der Waals surface area contributed by atoms with E-state index in [0.717, 1.165) is 6.08 Å². The minimum absolute atomic E-state index is 0.272. The third-order valence-electron chi connectivity index (χ3n) is 1.90. The Bertz CT molecular complexity index is 325. The first-order chi connectivity index (χ1) is 8.08. The molecule has 0 unspecified atom stereocenters. The number of esters is 2. The van der Waals surface area contributed by atoms with Crippen LogP contribution in [-0.4, -0.2) is 41.0 Å². The molecule has 0 heterocycles. The Morgan fingerprint density at radius 2 is 1.50 bits per heavy atom. The summed E-state index contributed by atoms with van der Waals surface area (Å²) in [5.41, 5.74) is 0. The highest BCUT2D eigenvalue weighted by molar-refractivity contribution is 6.84. The Labute approximate surface area is 110 Å². The molecule has 0 spiro atoms. The molecule has 18 heavy (non-hydrogen) atoms. The average Bonchev–Trinajstić information content (AvgIpc) is 2.22. The quantitative estimate of drug-likeness (QED) is 0.406. The molecule has 0 N–H and O–H groups in total. The van der Waals surface area contributed by atoms with Crippen molar-refractivity contribution in [1.82, 2.24) is 0 Å². The molecule has 0 aliphatic carbocycles. The van der Waals surface area contributed by atoms with Gasteiger partial charge in [0.1, 0.15) is 12.5 Å². The van der Waals surface area contributed by atoms with E-state index >= 15 is 0 Å². The standard InChI is InChI=1S/C11H22O5Si2/c1-7-11(13)15-9-18(5,6)16-17(3,4)8-14-10(2)12/h7H,1,8-9H2,2-6H3. The lowest BCUT2D eigenvalue weighted by atomic mass is 10.7. The van der Waals surface area contributed by atoms with Gasteiger partial charge in [-0.05, 0) is 26.2 Å². The predicted octanol–water partition coefficient (Wildman–Crippen LogP) is 1.78. The van der Waals surface area contributed by atoms with Gasteiger partial charge in [-0.15, -0.1) is 0 Å². The maximum absolute atomic E-state index is 11.0. The van der Waals surface area contributed by atoms with Crippen molar-refractivity contribution in [2.75, 3.05) is 12.5 Å². The fraction of sp³-hybridized carbons (Fsp3) is 0.636. The van der Waals surface area contributed by atoms with Crippen LogP contribution in [0.15, 0.2) is 12.7 Å². The Morgan fingerprint density at radius 3 is 1.89 bits per heavy atom. The average molecular weight is 290 g/mol. The Balaban J connectivity index is 4.31. The highest BCUT2D eigenvalue weighted by Crippen LogP contribution is 2.15. The molecule has 0 saturated heterocycles. The van der Waals surface area contributed by atoms with Crippen molar-refractivity contribution in [2.24, 2.45) is 0 Å². The maximum Gasteiger partial charge on any atom is 0.329 e. The molecule has 5 nitrogen and oxygen atoms in total. The van der Waals surface area contributed by atoms with Crippen LogP contribution in [0.4, 0.5) is 0 Å². The topological polar surface area (TPSA) is 61.8 Å². The van der Waals surface area contributed by atoms with Crippen LogP contribution in [0, 0.1) is 0 Å². The van der Waals surface area contributed by atoms with E-state index < -0.39 is 22.6 Å². The molecule has 0 aromatic rings. The highest BCUT2D eigenvalue weighted by atomic mass is 28.4. The second kappa shape index (κ2) is 6.86. The van der Waals surface area contributed by atoms with Crippen LogP contribution in [0.5, 0.6) is 0 Å². The van der Waals surface area contributed by atoms with E-state index in [1.165, 1.54) is 6.92 Å². The molecule has 104 valence electrons. The molecule has 0 atom stereocenters. The van der Waals surface area contributed by atoms with Crippen LogP contribution in [0.25, 0.3) is 0 Å². The van der Waals surface area contributed by atoms with Gasteiger partial charge in [0, 0.05) is 13.0 Å². The number of carbonyl (C=O) groups is 2. The maximum atomic E-state index is 11.0. The van der Waals surface area contributed by atoms with Gasteiger partial charge in [0.2, 0.25) is 16.6 Å². The minimum Gasteiger partial charge on any atom is -0.467 e. The Kier molecular flexibility index (Phi) is 6.51. The van der Waals surface area contributed by atoms with Crippen molar-refractivity contribution in [3.63, 3.8) is 0 Å². The van der Waals surface area contributed by atoms with Gasteiger partial charge >= 0.3 is 11.9 Å². The van der Waals surface area contributed by atoms with E-state index in [-0.39, 0.29) is 12.2 Å². The van der Waals surface area contributed by atoms with E-state index in [1.54, 1.807) is 0 Å². The first-order valence-electron chi connectivity index (χ1n) is 5.71. The van der Waals surface area contributed by atoms with Gasteiger partial charge in [0.15, 0.2) is 0 Å². The summed E-state index contributed by atoms with van der Waals surface area (Å²) in [5, 5.41) is 0. The van der Waals surface area contributed by atoms with Gasteiger partial charge in [-0.2, -0.15) is 0 Å². The summed E-state index contributed by atoms with van der Waals surface area (Å²) in [5.74, 6) is -0.754. The smallest absolute Gasteiger partial charge is 0.329 e. The van der Waals surface area contributed by atoms with Crippen molar-refractivity contribution < 1.29 is 23.2 Å². The predicted molar refractivity (Wildman–Crippen MR) is 73.8 cm³/mol. The van der Waals surface area contributed by atoms with Gasteiger partial charge in [-0.3, -0.25) is 4.79 Å². The zero-order valence-corrected chi connectivity index (χ0v) is 13.7. The number of ether oxygens (including phenoxy) is 2. The summed E-state index contributed by atoms with van der Waals surface area (Å²) in [6.45, 7) is 12.6. The monoisotopic (exact) mass is 290 g/mol. The lowest BCUT2D eigenvalue weighted by Crippen LogP contribution is -2.50. The van der Waals surface area contributed by atoms with Gasteiger partial charge in [-0.25, -0.2) is 4.79 Å². The summed E-state index contributed by atoms with van der Waals surface area (Å²) in [6.07, 6.45) is 1.72. The van der Waals surface area contributed by atoms with E-state index in [9.17, 15) is 9.59 Å².